The quantitative estimate of drug-likeness (QED) is 0.0537. The summed E-state index contributed by atoms with van der Waals surface area (Å²) in [6, 6.07) is 5.79. The third kappa shape index (κ3) is 28.6. The average Bonchev–Trinajstić information content (AvgIpc) is 1.72. The van der Waals surface area contributed by atoms with Crippen LogP contribution in [0.3, 0.4) is 0 Å². The summed E-state index contributed by atoms with van der Waals surface area (Å²) in [5.41, 5.74) is 18.0. The lowest BCUT2D eigenvalue weighted by molar-refractivity contribution is -0.143. The maximum atomic E-state index is 15.6. The molecule has 7 aromatic rings. The van der Waals surface area contributed by atoms with E-state index in [4.69, 9.17) is 26.8 Å². The number of carbonyl (C=O) groups excluding carboxylic acids is 15. The zero-order valence-corrected chi connectivity index (χ0v) is 79.2. The number of aliphatic hydroxyl groups is 1. The molecule has 0 radical (unpaired) electrons. The summed E-state index contributed by atoms with van der Waals surface area (Å²) >= 11 is 3.75. The summed E-state index contributed by atoms with van der Waals surface area (Å²) in [6.07, 6.45) is -1.63. The van der Waals surface area contributed by atoms with Gasteiger partial charge in [0.2, 0.25) is 70.9 Å². The van der Waals surface area contributed by atoms with E-state index in [1.54, 1.807) is 125 Å². The van der Waals surface area contributed by atoms with Crippen molar-refractivity contribution in [3.63, 3.8) is 0 Å². The molecule has 43 heteroatoms. The Kier molecular flexibility index (Phi) is 37.5. The zero-order chi connectivity index (χ0) is 96.8. The number of carboxylic acids is 1. The lowest BCUT2D eigenvalue weighted by Crippen LogP contribution is -2.59. The van der Waals surface area contributed by atoms with Crippen molar-refractivity contribution in [2.45, 2.75) is 223 Å². The highest BCUT2D eigenvalue weighted by Crippen LogP contribution is 2.29. The fourth-order valence-corrected chi connectivity index (χ4v) is 19.3. The van der Waals surface area contributed by atoms with Crippen LogP contribution in [0.4, 0.5) is 0 Å². The Morgan fingerprint density at radius 1 is 0.579 bits per heavy atom. The van der Waals surface area contributed by atoms with Crippen LogP contribution in [0.1, 0.15) is 152 Å². The van der Waals surface area contributed by atoms with E-state index >= 15 is 14.4 Å². The van der Waals surface area contributed by atoms with Gasteiger partial charge in [0.25, 0.3) is 0 Å². The summed E-state index contributed by atoms with van der Waals surface area (Å²) in [7, 11) is 6.74. The van der Waals surface area contributed by atoms with Crippen LogP contribution in [0.5, 0.6) is 0 Å². The number of primary amides is 1. The lowest BCUT2D eigenvalue weighted by atomic mass is 9.96. The predicted molar refractivity (Wildman–Crippen MR) is 498 cm³/mol. The lowest BCUT2D eigenvalue weighted by Gasteiger charge is -2.32. The molecule has 0 saturated carbocycles. The van der Waals surface area contributed by atoms with Crippen molar-refractivity contribution in [1.29, 1.82) is 0 Å². The molecule has 8 bridgehead atoms. The number of nitrogens with zero attached hydrogens (tertiary/aromatic N) is 9. The van der Waals surface area contributed by atoms with Gasteiger partial charge in [-0.25, -0.2) is 0 Å². The van der Waals surface area contributed by atoms with E-state index in [0.717, 1.165) is 22.0 Å². The van der Waals surface area contributed by atoms with Crippen LogP contribution in [0.2, 0.25) is 0 Å². The summed E-state index contributed by atoms with van der Waals surface area (Å²) in [4.78, 5) is 241. The third-order valence-electron chi connectivity index (χ3n) is 23.9. The summed E-state index contributed by atoms with van der Waals surface area (Å²) in [5.74, 6) is -16.8. The number of benzene rings is 2. The molecule has 133 heavy (non-hydrogen) atoms. The fourth-order valence-electron chi connectivity index (χ4n) is 16.3. The van der Waals surface area contributed by atoms with Crippen LogP contribution in [-0.4, -0.2) is 269 Å². The van der Waals surface area contributed by atoms with Crippen molar-refractivity contribution in [3.8, 4) is 0 Å². The van der Waals surface area contributed by atoms with E-state index in [1.165, 1.54) is 61.1 Å². The second-order valence-corrected chi connectivity index (χ2v) is 38.1. The highest BCUT2D eigenvalue weighted by Gasteiger charge is 2.43. The molecule has 5 aromatic heterocycles. The second-order valence-electron chi connectivity index (χ2n) is 35.0. The first kappa shape index (κ1) is 103. The molecule has 10 rings (SSSR count). The number of carbonyl (C=O) groups is 16. The van der Waals surface area contributed by atoms with Gasteiger partial charge in [-0.05, 0) is 86.4 Å². The minimum absolute atomic E-state index is 0.00806. The molecule has 720 valence electrons. The smallest absolute Gasteiger partial charge is 0.305 e. The van der Waals surface area contributed by atoms with Crippen molar-refractivity contribution in [2.75, 3.05) is 43.9 Å². The SMILES string of the molecule is CC[C@@H]1NC(=O)[C@H]([C@@H](C)O)NC(=O)[C@@H](CC(=O)[C@H](C)NC(=O)CN(C)C(=O)CCN)CSCc2cc(n(C)n2)CN2Cc3cc(nn3C)CSC[C@H](CC1=O)C(=O)N[C@@H](Cc1c[nH]c3ccccc13)C(=O)N[C@@H](C(C)C)C(=O)N[C@@H](CC(=O)O)C(=O)CCC(=O)N[C@@H](Cc1c[nH]c3ccccc13)C(=O)N[C@@H](C(C)C)C(=O)N1CCC[C@H]1C(=O)N[C@H](C(N)=O)CSCc1cc(n(C)n1)C2. The maximum Gasteiger partial charge on any atom is 0.305 e. The molecule has 14 atom stereocenters. The molecule has 2 aromatic carbocycles. The van der Waals surface area contributed by atoms with Gasteiger partial charge < -0.3 is 89.3 Å². The number of hydrogen-bond acceptors (Lipinski definition) is 25. The molecule has 1 fully saturated rings. The second kappa shape index (κ2) is 48.2. The number of fused-ring (bicyclic) bond motifs is 11. The first-order valence-corrected chi connectivity index (χ1v) is 48.1. The van der Waals surface area contributed by atoms with E-state index in [0.29, 0.717) is 56.4 Å². The molecule has 40 nitrogen and oxygen atoms in total. The number of rotatable bonds is 19. The number of aliphatic carboxylic acids is 1. The van der Waals surface area contributed by atoms with Gasteiger partial charge in [-0.3, -0.25) is 95.7 Å². The Hall–Kier alpha value is -11.8. The summed E-state index contributed by atoms with van der Waals surface area (Å²) in [5, 5.41) is 62.1. The van der Waals surface area contributed by atoms with Crippen molar-refractivity contribution in [3.05, 3.63) is 124 Å². The van der Waals surface area contributed by atoms with E-state index in [-0.39, 0.29) is 99.3 Å². The number of aromatic nitrogens is 8. The van der Waals surface area contributed by atoms with Crippen LogP contribution >= 0.6 is 35.3 Å². The monoisotopic (exact) mass is 1900 g/mol. The predicted octanol–water partition coefficient (Wildman–Crippen LogP) is 1.01. The Labute approximate surface area is 782 Å². The number of amides is 12. The molecule has 12 amide bonds. The molecule has 8 heterocycles. The van der Waals surface area contributed by atoms with Crippen molar-refractivity contribution < 1.29 is 86.9 Å². The van der Waals surface area contributed by atoms with Gasteiger partial charge in [-0.2, -0.15) is 50.6 Å². The van der Waals surface area contributed by atoms with E-state index in [2.05, 4.69) is 62.7 Å². The minimum atomic E-state index is -1.81. The molecule has 0 aliphatic carbocycles. The number of nitrogens with one attached hydrogen (secondary N) is 11. The number of carboxylic acid groups (broad SMARTS) is 1. The number of nitrogens with two attached hydrogens (primary N) is 2. The number of hydrogen-bond donors (Lipinski definition) is 15. The van der Waals surface area contributed by atoms with Gasteiger partial charge >= 0.3 is 5.97 Å². The van der Waals surface area contributed by atoms with Gasteiger partial charge in [-0.15, -0.1) is 0 Å². The van der Waals surface area contributed by atoms with Crippen molar-refractivity contribution >= 4 is 151 Å². The number of ketones is 3. The van der Waals surface area contributed by atoms with E-state index in [1.807, 2.05) is 24.3 Å². The van der Waals surface area contributed by atoms with Crippen LogP contribution in [0, 0.1) is 23.7 Å². The highest BCUT2D eigenvalue weighted by atomic mass is 32.2. The number of aromatic amines is 2. The molecule has 3 aliphatic rings. The Balaban J connectivity index is 1.02. The molecule has 1 saturated heterocycles. The third-order valence-corrected chi connectivity index (χ3v) is 27.2. The molecular weight excluding hydrogens is 1770 g/mol. The Morgan fingerprint density at radius 2 is 1.08 bits per heavy atom. The first-order valence-electron chi connectivity index (χ1n) is 44.6. The number of likely N-dealkylation sites (N-methyl/N-ethyl adjacent to an activating group) is 1. The van der Waals surface area contributed by atoms with Gasteiger partial charge in [-0.1, -0.05) is 71.0 Å². The zero-order valence-electron chi connectivity index (χ0n) is 76.8. The molecule has 17 N–H and O–H groups in total. The number of para-hydroxylation sites is 2. The maximum absolute atomic E-state index is 15.6. The van der Waals surface area contributed by atoms with Gasteiger partial charge in [0.1, 0.15) is 42.3 Å². The summed E-state index contributed by atoms with van der Waals surface area (Å²) in [6.45, 7) is 11.3. The van der Waals surface area contributed by atoms with Gasteiger partial charge in [0.05, 0.1) is 83.2 Å². The van der Waals surface area contributed by atoms with E-state index < -0.39 is 223 Å². The molecule has 0 spiro atoms. The number of Topliss-reactive ketones (excluding diaryl/α,β-unsaturated/α-hetero) is 3. The average molecular weight is 1900 g/mol. The van der Waals surface area contributed by atoms with Crippen LogP contribution in [-0.2, 0) is 148 Å². The first-order chi connectivity index (χ1) is 63.3. The number of aryl methyl sites for hydroxylation is 3. The molecule has 1 unspecified atom stereocenters. The Morgan fingerprint density at radius 3 is 1.61 bits per heavy atom. The fraction of sp³-hybridized carbons (Fsp3) is 0.544. The van der Waals surface area contributed by atoms with Crippen LogP contribution < -0.4 is 59.3 Å². The molecular formula is C90H124N22O18S3. The largest absolute Gasteiger partial charge is 0.481 e. The van der Waals surface area contributed by atoms with Crippen molar-refractivity contribution in [1.82, 2.24) is 102 Å². The highest BCUT2D eigenvalue weighted by molar-refractivity contribution is 7.99. The normalized spacial score (nSPS) is 23.7. The standard InChI is InChI=1S/C90H124N22O18S3/c1-12-64-74(116)31-55-43-132-45-57-33-60(109(10)105-57)39-111(38-59-32-56(104-108(59)9)44-131-42-54(84(124)103-81(51(7)113)89(129)97-64)30-73(115)50(6)95-76(118)41-107(8)77(119)25-26-91)40-61-34-58(106-110(61)11)46-133-47-70(82(92)122)100-87(127)71-22-17-27-112(71)90(130)80(49(4)5)102-85(125)68(28-52-36-93-65-20-15-13-18-62(52)65)96-75(117)24-23-72(114)67(35-78(120)121)98-88(128)79(48(2)3)101-86(126)69(99-83(55)123)29-53-37-94-66-21-16-14-19-63(53)66/h13-16,18-21,32-34,36-37,48-51,54-55,64,67-71,79-81,93-94,113H,12,17,22-31,35,38-47,91H2,1-11H3,(H2,92,122)(H,95,118)(H,96,117)(H,97,129)(H,98,128)(H,99,123)(H,100,127)(H,101,126)(H,102,125)(H,103,124)(H,120,121)/t50-,51+,54-,55-,64-,67-,68-,69-,70-,71-,79-,80-,81-/m0/s1. The molecule has 3 aliphatic heterocycles. The van der Waals surface area contributed by atoms with Crippen LogP contribution in [0.15, 0.2) is 79.1 Å². The van der Waals surface area contributed by atoms with Crippen LogP contribution in [0.25, 0.3) is 21.8 Å². The number of H-pyrrole nitrogens is 2. The van der Waals surface area contributed by atoms with Gasteiger partial charge in [0.15, 0.2) is 17.3 Å². The topological polar surface area (TPSA) is 569 Å². The Bertz CT molecular complexity index is 5390. The minimum Gasteiger partial charge on any atom is -0.481 e. The number of thioether (sulfide) groups is 3. The van der Waals surface area contributed by atoms with Crippen molar-refractivity contribution in [2.24, 2.45) is 56.3 Å². The van der Waals surface area contributed by atoms with E-state index in [9.17, 15) is 72.5 Å². The number of aliphatic hydroxyl groups excluding tert-OH is 1. The summed E-state index contributed by atoms with van der Waals surface area (Å²) < 4.78 is 5.15. The van der Waals surface area contributed by atoms with Gasteiger partial charge in [0, 0.05) is 175 Å².